The molecule has 152 valence electrons. The lowest BCUT2D eigenvalue weighted by Gasteiger charge is -2.23. The molecule has 4 rings (SSSR count). The zero-order valence-electron chi connectivity index (χ0n) is 16.0. The summed E-state index contributed by atoms with van der Waals surface area (Å²) in [6, 6.07) is 13.0. The van der Waals surface area contributed by atoms with Crippen LogP contribution < -0.4 is 4.90 Å². The van der Waals surface area contributed by atoms with Crippen LogP contribution in [-0.4, -0.2) is 21.8 Å². The number of aromatic nitrogens is 1. The van der Waals surface area contributed by atoms with Gasteiger partial charge in [-0.3, -0.25) is 14.5 Å². The summed E-state index contributed by atoms with van der Waals surface area (Å²) in [5.41, 5.74) is 1.90. The van der Waals surface area contributed by atoms with Crippen LogP contribution in [0, 0.1) is 13.8 Å². The molecule has 30 heavy (non-hydrogen) atoms. The molecule has 2 aromatic carbocycles. The van der Waals surface area contributed by atoms with Crippen LogP contribution in [0.4, 0.5) is 5.13 Å². The van der Waals surface area contributed by atoms with E-state index in [0.29, 0.717) is 21.3 Å². The molecule has 0 unspecified atom stereocenters. The molecule has 0 saturated carbocycles. The van der Waals surface area contributed by atoms with Gasteiger partial charge in [-0.25, -0.2) is 4.98 Å². The van der Waals surface area contributed by atoms with Gasteiger partial charge in [-0.2, -0.15) is 0 Å². The van der Waals surface area contributed by atoms with Crippen molar-refractivity contribution in [2.24, 2.45) is 0 Å². The number of rotatable bonds is 3. The number of thiazole rings is 1. The number of aryl methyl sites for hydroxylation is 2. The number of amides is 1. The number of carbonyl (C=O) groups is 2. The van der Waals surface area contributed by atoms with Crippen molar-refractivity contribution >= 4 is 61.4 Å². The predicted octanol–water partition coefficient (Wildman–Crippen LogP) is 5.80. The molecular formula is C22H16BrClN2O3S. The summed E-state index contributed by atoms with van der Waals surface area (Å²) >= 11 is 10.7. The summed E-state index contributed by atoms with van der Waals surface area (Å²) in [4.78, 5) is 32.9. The highest BCUT2D eigenvalue weighted by molar-refractivity contribution is 9.10. The number of hydrogen-bond acceptors (Lipinski definition) is 5. The number of nitrogens with zero attached hydrogens (tertiary/aromatic N) is 2. The van der Waals surface area contributed by atoms with Gasteiger partial charge in [0.25, 0.3) is 5.78 Å². The third-order valence-electron chi connectivity index (χ3n) is 4.95. The van der Waals surface area contributed by atoms with Crippen molar-refractivity contribution < 1.29 is 14.7 Å². The van der Waals surface area contributed by atoms with Crippen LogP contribution in [-0.2, 0) is 9.59 Å². The summed E-state index contributed by atoms with van der Waals surface area (Å²) in [7, 11) is 0. The molecular weight excluding hydrogens is 488 g/mol. The quantitative estimate of drug-likeness (QED) is 0.278. The van der Waals surface area contributed by atoms with Crippen molar-refractivity contribution in [2.45, 2.75) is 19.9 Å². The van der Waals surface area contributed by atoms with Crippen LogP contribution >= 0.6 is 38.9 Å². The minimum atomic E-state index is -0.803. The highest BCUT2D eigenvalue weighted by Gasteiger charge is 2.48. The Kier molecular flexibility index (Phi) is 5.53. The van der Waals surface area contributed by atoms with Gasteiger partial charge in [0.05, 0.1) is 17.3 Å². The molecule has 0 bridgehead atoms. The van der Waals surface area contributed by atoms with Crippen LogP contribution in [0.3, 0.4) is 0 Å². The van der Waals surface area contributed by atoms with Gasteiger partial charge < -0.3 is 5.11 Å². The number of aliphatic hydroxyl groups excluding tert-OH is 1. The van der Waals surface area contributed by atoms with E-state index in [9.17, 15) is 14.7 Å². The summed E-state index contributed by atoms with van der Waals surface area (Å²) in [5.74, 6) is -1.72. The molecule has 1 saturated heterocycles. The van der Waals surface area contributed by atoms with Crippen LogP contribution in [0.5, 0.6) is 0 Å². The standard InChI is InChI=1S/C22H16BrClN2O3S/c1-11-12(2)30-22(25-11)26-18(14-4-3-5-15(23)10-14)17(20(28)21(26)29)19(27)13-6-8-16(24)9-7-13/h3-10,18,27H,1-2H3/t18-/m1/s1. The van der Waals surface area contributed by atoms with E-state index in [1.54, 1.807) is 24.3 Å². The molecule has 1 aliphatic heterocycles. The summed E-state index contributed by atoms with van der Waals surface area (Å²) in [6.45, 7) is 3.77. The van der Waals surface area contributed by atoms with Gasteiger partial charge >= 0.3 is 5.91 Å². The van der Waals surface area contributed by atoms with E-state index in [1.165, 1.54) is 16.2 Å². The van der Waals surface area contributed by atoms with Crippen molar-refractivity contribution in [3.63, 3.8) is 0 Å². The van der Waals surface area contributed by atoms with Crippen LogP contribution in [0.2, 0.25) is 5.02 Å². The molecule has 1 aromatic heterocycles. The van der Waals surface area contributed by atoms with E-state index in [0.717, 1.165) is 15.0 Å². The van der Waals surface area contributed by atoms with Crippen molar-refractivity contribution in [1.29, 1.82) is 0 Å². The van der Waals surface area contributed by atoms with Gasteiger partial charge in [0.1, 0.15) is 5.76 Å². The first kappa shape index (κ1) is 20.8. The Balaban J connectivity index is 1.96. The number of Topliss-reactive ketones (excluding diaryl/α,β-unsaturated/α-hetero) is 1. The highest BCUT2D eigenvalue weighted by atomic mass is 79.9. The van der Waals surface area contributed by atoms with Crippen molar-refractivity contribution in [3.05, 3.63) is 85.3 Å². The molecule has 1 atom stereocenters. The Morgan fingerprint density at radius 3 is 2.47 bits per heavy atom. The van der Waals surface area contributed by atoms with E-state index in [-0.39, 0.29) is 11.3 Å². The predicted molar refractivity (Wildman–Crippen MR) is 122 cm³/mol. The first-order chi connectivity index (χ1) is 14.3. The average molecular weight is 504 g/mol. The topological polar surface area (TPSA) is 70.5 Å². The smallest absolute Gasteiger partial charge is 0.301 e. The Bertz CT molecular complexity index is 1180. The minimum absolute atomic E-state index is 0.0194. The molecule has 8 heteroatoms. The van der Waals surface area contributed by atoms with E-state index in [2.05, 4.69) is 20.9 Å². The Morgan fingerprint density at radius 2 is 1.87 bits per heavy atom. The molecule has 5 nitrogen and oxygen atoms in total. The van der Waals surface area contributed by atoms with Crippen LogP contribution in [0.1, 0.15) is 27.7 Å². The fourth-order valence-corrected chi connectivity index (χ4v) is 4.82. The fourth-order valence-electron chi connectivity index (χ4n) is 3.34. The van der Waals surface area contributed by atoms with Gasteiger partial charge in [-0.05, 0) is 55.8 Å². The Morgan fingerprint density at radius 1 is 1.17 bits per heavy atom. The van der Waals surface area contributed by atoms with E-state index in [1.807, 2.05) is 38.1 Å². The summed E-state index contributed by atoms with van der Waals surface area (Å²) < 4.78 is 0.795. The van der Waals surface area contributed by atoms with Gasteiger partial charge in [0.15, 0.2) is 5.13 Å². The van der Waals surface area contributed by atoms with E-state index in [4.69, 9.17) is 11.6 Å². The molecule has 0 aliphatic carbocycles. The van der Waals surface area contributed by atoms with Crippen molar-refractivity contribution in [3.8, 4) is 0 Å². The molecule has 1 amide bonds. The molecule has 1 fully saturated rings. The largest absolute Gasteiger partial charge is 0.507 e. The number of carbonyl (C=O) groups excluding carboxylic acids is 2. The third-order valence-corrected chi connectivity index (χ3v) is 6.77. The molecule has 0 radical (unpaired) electrons. The highest BCUT2D eigenvalue weighted by Crippen LogP contribution is 2.44. The Labute approximate surface area is 190 Å². The maximum absolute atomic E-state index is 13.1. The molecule has 3 aromatic rings. The number of halogens is 2. The fraction of sp³-hybridized carbons (Fsp3) is 0.136. The first-order valence-corrected chi connectivity index (χ1v) is 11.0. The van der Waals surface area contributed by atoms with Crippen LogP contribution in [0.15, 0.2) is 58.6 Å². The zero-order valence-corrected chi connectivity index (χ0v) is 19.2. The molecule has 1 aliphatic rings. The maximum Gasteiger partial charge on any atom is 0.301 e. The summed E-state index contributed by atoms with van der Waals surface area (Å²) in [6.07, 6.45) is 0. The lowest BCUT2D eigenvalue weighted by Crippen LogP contribution is -2.29. The monoisotopic (exact) mass is 502 g/mol. The maximum atomic E-state index is 13.1. The molecule has 1 N–H and O–H groups in total. The average Bonchev–Trinajstić information content (AvgIpc) is 3.18. The number of hydrogen-bond donors (Lipinski definition) is 1. The third kappa shape index (κ3) is 3.57. The molecule has 0 spiro atoms. The number of aliphatic hydroxyl groups is 1. The summed E-state index contributed by atoms with van der Waals surface area (Å²) in [5, 5.41) is 12.0. The second kappa shape index (κ2) is 7.98. The Hall–Kier alpha value is -2.48. The normalized spacial score (nSPS) is 18.3. The van der Waals surface area contributed by atoms with Crippen LogP contribution in [0.25, 0.3) is 5.76 Å². The van der Waals surface area contributed by atoms with Crippen molar-refractivity contribution in [2.75, 3.05) is 4.90 Å². The van der Waals surface area contributed by atoms with Gasteiger partial charge in [-0.1, -0.05) is 39.7 Å². The number of benzene rings is 2. The van der Waals surface area contributed by atoms with Crippen molar-refractivity contribution in [1.82, 2.24) is 4.98 Å². The van der Waals surface area contributed by atoms with Gasteiger partial charge in [0, 0.05) is 19.9 Å². The lowest BCUT2D eigenvalue weighted by atomic mass is 9.95. The SMILES string of the molecule is Cc1nc(N2C(=O)C(=O)C(=C(O)c3ccc(Cl)cc3)[C@H]2c2cccc(Br)c2)sc1C. The lowest BCUT2D eigenvalue weighted by molar-refractivity contribution is -0.132. The number of anilines is 1. The van der Waals surface area contributed by atoms with E-state index >= 15 is 0 Å². The number of ketones is 1. The second-order valence-corrected chi connectivity index (χ2v) is 9.40. The first-order valence-electron chi connectivity index (χ1n) is 9.04. The van der Waals surface area contributed by atoms with E-state index < -0.39 is 17.7 Å². The minimum Gasteiger partial charge on any atom is -0.507 e. The zero-order chi connectivity index (χ0) is 21.6. The molecule has 2 heterocycles. The van der Waals surface area contributed by atoms with Gasteiger partial charge in [-0.15, -0.1) is 11.3 Å². The van der Waals surface area contributed by atoms with Gasteiger partial charge in [0.2, 0.25) is 0 Å². The second-order valence-electron chi connectivity index (χ2n) is 6.87.